The van der Waals surface area contributed by atoms with Crippen molar-refractivity contribution in [2.45, 2.75) is 13.1 Å². The van der Waals surface area contributed by atoms with Gasteiger partial charge in [0, 0.05) is 51.1 Å². The smallest absolute Gasteiger partial charge is 0.148 e. The molecule has 0 radical (unpaired) electrons. The van der Waals surface area contributed by atoms with E-state index in [-0.39, 0.29) is 0 Å². The van der Waals surface area contributed by atoms with Crippen LogP contribution in [-0.4, -0.2) is 48.1 Å². The van der Waals surface area contributed by atoms with E-state index in [1.165, 1.54) is 11.1 Å². The Kier molecular flexibility index (Phi) is 5.15. The highest BCUT2D eigenvalue weighted by atomic mass is 16.5. The second kappa shape index (κ2) is 7.48. The van der Waals surface area contributed by atoms with Crippen molar-refractivity contribution in [2.24, 2.45) is 7.05 Å². The third-order valence-electron chi connectivity index (χ3n) is 4.03. The summed E-state index contributed by atoms with van der Waals surface area (Å²) in [6.07, 6.45) is 1.93. The van der Waals surface area contributed by atoms with Crippen molar-refractivity contribution in [3.63, 3.8) is 0 Å². The second-order valence-electron chi connectivity index (χ2n) is 5.76. The van der Waals surface area contributed by atoms with Crippen molar-refractivity contribution in [1.82, 2.24) is 14.7 Å². The molecule has 1 aromatic heterocycles. The van der Waals surface area contributed by atoms with Crippen LogP contribution in [0.4, 0.5) is 5.82 Å². The molecular weight excluding hydrogens is 292 g/mol. The van der Waals surface area contributed by atoms with E-state index in [1.807, 2.05) is 25.4 Å². The Bertz CT molecular complexity index is 635. The second-order valence-corrected chi connectivity index (χ2v) is 5.76. The number of hydrogen-bond donors (Lipinski definition) is 1. The Morgan fingerprint density at radius 3 is 2.78 bits per heavy atom. The van der Waals surface area contributed by atoms with Crippen LogP contribution in [0.25, 0.3) is 0 Å². The number of aryl methyl sites for hydroxylation is 1. The predicted octanol–water partition coefficient (Wildman–Crippen LogP) is 1.87. The number of rotatable bonds is 6. The van der Waals surface area contributed by atoms with Crippen LogP contribution in [0, 0.1) is 0 Å². The van der Waals surface area contributed by atoms with Crippen LogP contribution in [0.5, 0.6) is 5.75 Å². The van der Waals surface area contributed by atoms with Gasteiger partial charge in [0.1, 0.15) is 11.6 Å². The predicted molar refractivity (Wildman–Crippen MR) is 89.6 cm³/mol. The fourth-order valence-electron chi connectivity index (χ4n) is 2.77. The first kappa shape index (κ1) is 15.8. The molecule has 0 unspecified atom stereocenters. The molecule has 1 aliphatic heterocycles. The quantitative estimate of drug-likeness (QED) is 0.882. The van der Waals surface area contributed by atoms with E-state index in [1.54, 1.807) is 11.8 Å². The summed E-state index contributed by atoms with van der Waals surface area (Å²) in [6.45, 7) is 5.20. The Hall–Kier alpha value is -2.05. The number of nitrogens with zero attached hydrogens (tertiary/aromatic N) is 3. The lowest BCUT2D eigenvalue weighted by Crippen LogP contribution is -2.35. The third kappa shape index (κ3) is 4.24. The first-order valence-electron chi connectivity index (χ1n) is 7.94. The molecule has 1 saturated heterocycles. The van der Waals surface area contributed by atoms with Gasteiger partial charge < -0.3 is 14.8 Å². The van der Waals surface area contributed by atoms with Crippen LogP contribution in [0.2, 0.25) is 0 Å². The minimum Gasteiger partial charge on any atom is -0.496 e. The fraction of sp³-hybridized carbons (Fsp3) is 0.471. The maximum atomic E-state index is 5.51. The van der Waals surface area contributed by atoms with Crippen molar-refractivity contribution in [3.05, 3.63) is 41.6 Å². The molecule has 124 valence electrons. The molecular formula is C17H24N4O2. The van der Waals surface area contributed by atoms with Gasteiger partial charge in [-0.15, -0.1) is 0 Å². The molecule has 0 aliphatic carbocycles. The lowest BCUT2D eigenvalue weighted by molar-refractivity contribution is 0.0339. The molecule has 1 aromatic carbocycles. The number of aromatic nitrogens is 2. The summed E-state index contributed by atoms with van der Waals surface area (Å²) in [7, 11) is 3.64. The summed E-state index contributed by atoms with van der Waals surface area (Å²) in [6, 6.07) is 8.32. The fourth-order valence-corrected chi connectivity index (χ4v) is 2.77. The van der Waals surface area contributed by atoms with Crippen LogP contribution < -0.4 is 10.1 Å². The summed E-state index contributed by atoms with van der Waals surface area (Å²) < 4.78 is 12.7. The van der Waals surface area contributed by atoms with Gasteiger partial charge in [0.2, 0.25) is 0 Å². The van der Waals surface area contributed by atoms with Crippen LogP contribution in [0.3, 0.4) is 0 Å². The van der Waals surface area contributed by atoms with Gasteiger partial charge in [-0.3, -0.25) is 9.58 Å². The number of ether oxygens (including phenoxy) is 2. The van der Waals surface area contributed by atoms with Gasteiger partial charge in [-0.25, -0.2) is 0 Å². The Labute approximate surface area is 137 Å². The molecule has 6 heteroatoms. The highest BCUT2D eigenvalue weighted by Crippen LogP contribution is 2.22. The highest BCUT2D eigenvalue weighted by molar-refractivity contribution is 5.40. The first-order chi connectivity index (χ1) is 11.2. The molecule has 3 rings (SSSR count). The summed E-state index contributed by atoms with van der Waals surface area (Å²) in [5.74, 6) is 1.83. The zero-order chi connectivity index (χ0) is 16.1. The maximum absolute atomic E-state index is 5.51. The molecule has 2 heterocycles. The van der Waals surface area contributed by atoms with Gasteiger partial charge in [0.15, 0.2) is 0 Å². The van der Waals surface area contributed by atoms with E-state index >= 15 is 0 Å². The van der Waals surface area contributed by atoms with E-state index in [4.69, 9.17) is 9.47 Å². The molecule has 1 fully saturated rings. The van der Waals surface area contributed by atoms with Crippen LogP contribution in [-0.2, 0) is 24.9 Å². The Morgan fingerprint density at radius 2 is 2.09 bits per heavy atom. The molecule has 1 aliphatic rings. The van der Waals surface area contributed by atoms with E-state index in [2.05, 4.69) is 27.4 Å². The van der Waals surface area contributed by atoms with E-state index in [0.29, 0.717) is 0 Å². The Balaban J connectivity index is 1.67. The summed E-state index contributed by atoms with van der Waals surface area (Å²) in [5, 5.41) is 7.68. The standard InChI is InChI=1S/C17H24N4O2/c1-20-6-5-17(19-20)18-12-14-3-4-16(22-2)15(11-14)13-21-7-9-23-10-8-21/h3-6,11H,7-10,12-13H2,1-2H3,(H,18,19). The maximum Gasteiger partial charge on any atom is 0.148 e. The summed E-state index contributed by atoms with van der Waals surface area (Å²) >= 11 is 0. The topological polar surface area (TPSA) is 51.5 Å². The van der Waals surface area contributed by atoms with Crippen molar-refractivity contribution < 1.29 is 9.47 Å². The Morgan fingerprint density at radius 1 is 1.26 bits per heavy atom. The van der Waals surface area contributed by atoms with Crippen molar-refractivity contribution in [1.29, 1.82) is 0 Å². The number of morpholine rings is 1. The monoisotopic (exact) mass is 316 g/mol. The lowest BCUT2D eigenvalue weighted by Gasteiger charge is -2.27. The minimum atomic E-state index is 0.747. The first-order valence-corrected chi connectivity index (χ1v) is 7.94. The van der Waals surface area contributed by atoms with Crippen LogP contribution in [0.15, 0.2) is 30.5 Å². The SMILES string of the molecule is COc1ccc(CNc2ccn(C)n2)cc1CN1CCOCC1. The number of methoxy groups -OCH3 is 1. The van der Waals surface area contributed by atoms with Crippen molar-refractivity contribution >= 4 is 5.82 Å². The molecule has 0 amide bonds. The third-order valence-corrected chi connectivity index (χ3v) is 4.03. The average molecular weight is 316 g/mol. The summed E-state index contributed by atoms with van der Waals surface area (Å²) in [4.78, 5) is 2.40. The molecule has 0 bridgehead atoms. The van der Waals surface area contributed by atoms with Gasteiger partial charge >= 0.3 is 0 Å². The van der Waals surface area contributed by atoms with E-state index in [9.17, 15) is 0 Å². The highest BCUT2D eigenvalue weighted by Gasteiger charge is 2.14. The number of hydrogen-bond acceptors (Lipinski definition) is 5. The number of nitrogens with one attached hydrogen (secondary N) is 1. The molecule has 2 aromatic rings. The molecule has 23 heavy (non-hydrogen) atoms. The summed E-state index contributed by atoms with van der Waals surface area (Å²) in [5.41, 5.74) is 2.44. The van der Waals surface area contributed by atoms with Gasteiger partial charge in [-0.05, 0) is 17.7 Å². The van der Waals surface area contributed by atoms with Gasteiger partial charge in [0.25, 0.3) is 0 Å². The van der Waals surface area contributed by atoms with Gasteiger partial charge in [0.05, 0.1) is 20.3 Å². The van der Waals surface area contributed by atoms with E-state index < -0.39 is 0 Å². The molecule has 6 nitrogen and oxygen atoms in total. The molecule has 0 saturated carbocycles. The minimum absolute atomic E-state index is 0.747. The lowest BCUT2D eigenvalue weighted by atomic mass is 10.1. The van der Waals surface area contributed by atoms with Crippen LogP contribution >= 0.6 is 0 Å². The zero-order valence-corrected chi connectivity index (χ0v) is 13.8. The largest absolute Gasteiger partial charge is 0.496 e. The molecule has 0 atom stereocenters. The van der Waals surface area contributed by atoms with E-state index in [0.717, 1.165) is 51.0 Å². The van der Waals surface area contributed by atoms with Gasteiger partial charge in [-0.2, -0.15) is 5.10 Å². The van der Waals surface area contributed by atoms with Crippen molar-refractivity contribution in [3.8, 4) is 5.75 Å². The van der Waals surface area contributed by atoms with Crippen molar-refractivity contribution in [2.75, 3.05) is 38.7 Å². The zero-order valence-electron chi connectivity index (χ0n) is 13.8. The molecule has 1 N–H and O–H groups in total. The average Bonchev–Trinajstić information content (AvgIpc) is 3.00. The molecule has 0 spiro atoms. The number of anilines is 1. The van der Waals surface area contributed by atoms with Crippen LogP contribution in [0.1, 0.15) is 11.1 Å². The number of benzene rings is 1. The van der Waals surface area contributed by atoms with Gasteiger partial charge in [-0.1, -0.05) is 6.07 Å². The normalized spacial score (nSPS) is 15.6.